The Balaban J connectivity index is 1.98. The number of halogens is 4. The molecular formula is C10H7F4N3S. The maximum Gasteiger partial charge on any atom is 0.445 e. The zero-order valence-electron chi connectivity index (χ0n) is 8.83. The van der Waals surface area contributed by atoms with Crippen LogP contribution >= 0.6 is 11.3 Å². The topological polar surface area (TPSA) is 37.8 Å². The fraction of sp³-hybridized carbons (Fsp3) is 0.200. The highest BCUT2D eigenvalue weighted by atomic mass is 32.1. The predicted octanol–water partition coefficient (Wildman–Crippen LogP) is 3.31. The molecule has 1 N–H and O–H groups in total. The lowest BCUT2D eigenvalue weighted by molar-refractivity contribution is -0.138. The summed E-state index contributed by atoms with van der Waals surface area (Å²) in [4.78, 5) is 0. The molecular weight excluding hydrogens is 270 g/mol. The molecule has 0 unspecified atom stereocenters. The largest absolute Gasteiger partial charge is 0.445 e. The number of nitrogens with one attached hydrogen (secondary N) is 1. The zero-order chi connectivity index (χ0) is 13.2. The first-order valence-electron chi connectivity index (χ1n) is 4.84. The van der Waals surface area contributed by atoms with E-state index in [0.29, 0.717) is 11.3 Å². The van der Waals surface area contributed by atoms with Gasteiger partial charge >= 0.3 is 6.18 Å². The molecule has 0 bridgehead atoms. The van der Waals surface area contributed by atoms with E-state index >= 15 is 0 Å². The van der Waals surface area contributed by atoms with E-state index in [1.807, 2.05) is 0 Å². The van der Waals surface area contributed by atoms with Crippen molar-refractivity contribution in [2.24, 2.45) is 0 Å². The summed E-state index contributed by atoms with van der Waals surface area (Å²) in [6.07, 6.45) is -4.48. The molecule has 0 fully saturated rings. The second-order valence-electron chi connectivity index (χ2n) is 3.39. The minimum absolute atomic E-state index is 0.0756. The van der Waals surface area contributed by atoms with Gasteiger partial charge in [-0.15, -0.1) is 10.2 Å². The summed E-state index contributed by atoms with van der Waals surface area (Å²) in [6, 6.07) is 5.62. The molecule has 1 aromatic heterocycles. The van der Waals surface area contributed by atoms with Gasteiger partial charge in [0.15, 0.2) is 0 Å². The van der Waals surface area contributed by atoms with Gasteiger partial charge in [0.2, 0.25) is 10.1 Å². The van der Waals surface area contributed by atoms with Crippen molar-refractivity contribution in [1.29, 1.82) is 0 Å². The van der Waals surface area contributed by atoms with Gasteiger partial charge in [-0.1, -0.05) is 23.5 Å². The fourth-order valence-electron chi connectivity index (χ4n) is 1.19. The van der Waals surface area contributed by atoms with Crippen LogP contribution in [0, 0.1) is 5.82 Å². The number of rotatable bonds is 3. The van der Waals surface area contributed by atoms with Crippen molar-refractivity contribution in [2.45, 2.75) is 12.7 Å². The highest BCUT2D eigenvalue weighted by molar-refractivity contribution is 7.15. The quantitative estimate of drug-likeness (QED) is 0.875. The Labute approximate surface area is 103 Å². The molecule has 0 saturated carbocycles. The first-order chi connectivity index (χ1) is 8.45. The number of hydrogen-bond donors (Lipinski definition) is 1. The first kappa shape index (κ1) is 12.7. The van der Waals surface area contributed by atoms with Gasteiger partial charge in [0, 0.05) is 6.54 Å². The van der Waals surface area contributed by atoms with E-state index in [1.165, 1.54) is 24.3 Å². The smallest absolute Gasteiger partial charge is 0.356 e. The number of alkyl halides is 3. The number of aromatic nitrogens is 2. The molecule has 1 aromatic carbocycles. The SMILES string of the molecule is Fc1ccc(CNc2nnc(C(F)(F)F)s2)cc1. The monoisotopic (exact) mass is 277 g/mol. The predicted molar refractivity (Wildman–Crippen MR) is 58.6 cm³/mol. The van der Waals surface area contributed by atoms with Gasteiger partial charge in [-0.3, -0.25) is 0 Å². The van der Waals surface area contributed by atoms with Crippen LogP contribution in [0.4, 0.5) is 22.7 Å². The van der Waals surface area contributed by atoms with Crippen LogP contribution in [-0.2, 0) is 12.7 Å². The Morgan fingerprint density at radius 1 is 1.11 bits per heavy atom. The van der Waals surface area contributed by atoms with Crippen LogP contribution in [0.2, 0.25) is 0 Å². The van der Waals surface area contributed by atoms with Gasteiger partial charge in [0.25, 0.3) is 0 Å². The van der Waals surface area contributed by atoms with Gasteiger partial charge in [0.1, 0.15) is 5.82 Å². The van der Waals surface area contributed by atoms with Crippen molar-refractivity contribution in [3.63, 3.8) is 0 Å². The molecule has 0 radical (unpaired) electrons. The Kier molecular flexibility index (Phi) is 3.46. The lowest BCUT2D eigenvalue weighted by Gasteiger charge is -2.02. The number of anilines is 1. The number of benzene rings is 1. The molecule has 0 saturated heterocycles. The molecule has 18 heavy (non-hydrogen) atoms. The zero-order valence-corrected chi connectivity index (χ0v) is 9.65. The highest BCUT2D eigenvalue weighted by Crippen LogP contribution is 2.33. The van der Waals surface area contributed by atoms with E-state index < -0.39 is 11.2 Å². The Morgan fingerprint density at radius 2 is 1.78 bits per heavy atom. The summed E-state index contributed by atoms with van der Waals surface area (Å²) < 4.78 is 49.4. The van der Waals surface area contributed by atoms with Crippen LogP contribution in [0.25, 0.3) is 0 Å². The normalized spacial score (nSPS) is 11.6. The molecule has 8 heteroatoms. The minimum atomic E-state index is -4.48. The highest BCUT2D eigenvalue weighted by Gasteiger charge is 2.35. The van der Waals surface area contributed by atoms with E-state index in [9.17, 15) is 17.6 Å². The minimum Gasteiger partial charge on any atom is -0.356 e. The lowest BCUT2D eigenvalue weighted by Crippen LogP contribution is -2.03. The van der Waals surface area contributed by atoms with E-state index in [-0.39, 0.29) is 17.5 Å². The van der Waals surface area contributed by atoms with Gasteiger partial charge in [-0.2, -0.15) is 13.2 Å². The summed E-state index contributed by atoms with van der Waals surface area (Å²) in [7, 11) is 0. The van der Waals surface area contributed by atoms with Crippen molar-refractivity contribution in [3.05, 3.63) is 40.7 Å². The molecule has 1 heterocycles. The third kappa shape index (κ3) is 3.16. The standard InChI is InChI=1S/C10H7F4N3S/c11-7-3-1-6(2-4-7)5-15-9-17-16-8(18-9)10(12,13)14/h1-4H,5H2,(H,15,17). The van der Waals surface area contributed by atoms with Gasteiger partial charge in [0.05, 0.1) is 0 Å². The molecule has 0 aliphatic carbocycles. The van der Waals surface area contributed by atoms with E-state index in [0.717, 1.165) is 5.56 Å². The fourth-order valence-corrected chi connectivity index (χ4v) is 1.80. The summed E-state index contributed by atoms with van der Waals surface area (Å²) >= 11 is 0.430. The second-order valence-corrected chi connectivity index (χ2v) is 4.37. The molecule has 2 rings (SSSR count). The van der Waals surface area contributed by atoms with E-state index in [1.54, 1.807) is 0 Å². The second kappa shape index (κ2) is 4.89. The Hall–Kier alpha value is -1.70. The van der Waals surface area contributed by atoms with Gasteiger partial charge in [-0.25, -0.2) is 4.39 Å². The van der Waals surface area contributed by atoms with Gasteiger partial charge < -0.3 is 5.32 Å². The lowest BCUT2D eigenvalue weighted by atomic mass is 10.2. The maximum atomic E-state index is 12.6. The third-order valence-electron chi connectivity index (χ3n) is 2.02. The summed E-state index contributed by atoms with van der Waals surface area (Å²) in [6.45, 7) is 0.257. The maximum absolute atomic E-state index is 12.6. The summed E-state index contributed by atoms with van der Waals surface area (Å²) in [5.41, 5.74) is 0.736. The van der Waals surface area contributed by atoms with Crippen molar-refractivity contribution < 1.29 is 17.6 Å². The van der Waals surface area contributed by atoms with Crippen LogP contribution in [0.3, 0.4) is 0 Å². The molecule has 96 valence electrons. The van der Waals surface area contributed by atoms with Crippen LogP contribution in [0.15, 0.2) is 24.3 Å². The summed E-state index contributed by atoms with van der Waals surface area (Å²) in [5.74, 6) is -0.367. The van der Waals surface area contributed by atoms with Crippen molar-refractivity contribution in [2.75, 3.05) is 5.32 Å². The summed E-state index contributed by atoms with van der Waals surface area (Å²) in [5, 5.41) is 8.19. The molecule has 0 spiro atoms. The third-order valence-corrected chi connectivity index (χ3v) is 2.95. The average molecular weight is 277 g/mol. The molecule has 2 aromatic rings. The van der Waals surface area contributed by atoms with Crippen LogP contribution in [0.5, 0.6) is 0 Å². The van der Waals surface area contributed by atoms with E-state index in [2.05, 4.69) is 15.5 Å². The van der Waals surface area contributed by atoms with Crippen LogP contribution in [0.1, 0.15) is 10.6 Å². The molecule has 0 amide bonds. The first-order valence-corrected chi connectivity index (χ1v) is 5.66. The Morgan fingerprint density at radius 3 is 2.33 bits per heavy atom. The molecule has 0 aliphatic rings. The number of hydrogen-bond acceptors (Lipinski definition) is 4. The van der Waals surface area contributed by atoms with Crippen molar-refractivity contribution >= 4 is 16.5 Å². The van der Waals surface area contributed by atoms with Crippen LogP contribution in [-0.4, -0.2) is 10.2 Å². The molecule has 0 aliphatic heterocycles. The van der Waals surface area contributed by atoms with Gasteiger partial charge in [-0.05, 0) is 17.7 Å². The van der Waals surface area contributed by atoms with Crippen molar-refractivity contribution in [1.82, 2.24) is 10.2 Å². The van der Waals surface area contributed by atoms with Crippen molar-refractivity contribution in [3.8, 4) is 0 Å². The Bertz CT molecular complexity index is 521. The van der Waals surface area contributed by atoms with Crippen LogP contribution < -0.4 is 5.32 Å². The molecule has 3 nitrogen and oxygen atoms in total. The van der Waals surface area contributed by atoms with E-state index in [4.69, 9.17) is 0 Å². The number of nitrogens with zero attached hydrogens (tertiary/aromatic N) is 2. The average Bonchev–Trinajstić information content (AvgIpc) is 2.77. The molecule has 0 atom stereocenters.